The number of rotatable bonds is 4. The quantitative estimate of drug-likeness (QED) is 0.633. The van der Waals surface area contributed by atoms with Crippen LogP contribution in [0, 0.1) is 11.8 Å². The van der Waals surface area contributed by atoms with E-state index in [1.807, 2.05) is 31.1 Å². The lowest BCUT2D eigenvalue weighted by molar-refractivity contribution is -0.170. The molecule has 0 amide bonds. The molecule has 4 atom stereocenters. The Balaban J connectivity index is 2.61. The summed E-state index contributed by atoms with van der Waals surface area (Å²) >= 11 is 0. The molecule has 1 aliphatic rings. The Morgan fingerprint density at radius 1 is 1.12 bits per heavy atom. The number of carbonyl (C=O) groups excluding carboxylic acids is 3. The number of aliphatic hydroxyl groups is 1. The van der Waals surface area contributed by atoms with Gasteiger partial charge in [0.1, 0.15) is 5.92 Å². The molecule has 26 heavy (non-hydrogen) atoms. The SMILES string of the molecule is COC(=O)[C@H]1C(=O)C[C@](C)(O)[C@H](C(=O)OC)[C@@H]1c1ccc(N(C)C)cc1. The molecule has 7 nitrogen and oxygen atoms in total. The predicted molar refractivity (Wildman–Crippen MR) is 94.8 cm³/mol. The molecule has 0 saturated heterocycles. The molecular weight excluding hydrogens is 338 g/mol. The van der Waals surface area contributed by atoms with Crippen molar-refractivity contribution >= 4 is 23.4 Å². The zero-order chi connectivity index (χ0) is 19.6. The molecule has 1 aromatic rings. The summed E-state index contributed by atoms with van der Waals surface area (Å²) in [6.45, 7) is 1.42. The van der Waals surface area contributed by atoms with Crippen LogP contribution in [-0.2, 0) is 23.9 Å². The smallest absolute Gasteiger partial charge is 0.316 e. The van der Waals surface area contributed by atoms with Gasteiger partial charge < -0.3 is 19.5 Å². The van der Waals surface area contributed by atoms with Gasteiger partial charge >= 0.3 is 11.9 Å². The fraction of sp³-hybridized carbons (Fsp3) is 0.526. The van der Waals surface area contributed by atoms with Gasteiger partial charge in [0.15, 0.2) is 5.78 Å². The molecule has 1 aliphatic carbocycles. The monoisotopic (exact) mass is 363 g/mol. The summed E-state index contributed by atoms with van der Waals surface area (Å²) in [7, 11) is 6.19. The van der Waals surface area contributed by atoms with Crippen molar-refractivity contribution in [2.45, 2.75) is 24.9 Å². The van der Waals surface area contributed by atoms with Crippen LogP contribution in [0.25, 0.3) is 0 Å². The number of hydrogen-bond acceptors (Lipinski definition) is 7. The topological polar surface area (TPSA) is 93.1 Å². The minimum absolute atomic E-state index is 0.321. The van der Waals surface area contributed by atoms with Crippen LogP contribution in [0.1, 0.15) is 24.8 Å². The van der Waals surface area contributed by atoms with Crippen LogP contribution in [0.15, 0.2) is 24.3 Å². The summed E-state index contributed by atoms with van der Waals surface area (Å²) in [6, 6.07) is 7.15. The van der Waals surface area contributed by atoms with E-state index in [1.54, 1.807) is 12.1 Å². The molecule has 0 unspecified atom stereocenters. The molecule has 1 fully saturated rings. The van der Waals surface area contributed by atoms with Crippen LogP contribution in [0.3, 0.4) is 0 Å². The van der Waals surface area contributed by atoms with Crippen molar-refractivity contribution in [2.24, 2.45) is 11.8 Å². The first-order chi connectivity index (χ1) is 12.1. The average molecular weight is 363 g/mol. The lowest BCUT2D eigenvalue weighted by Gasteiger charge is -2.43. The summed E-state index contributed by atoms with van der Waals surface area (Å²) < 4.78 is 9.67. The molecule has 142 valence electrons. The maximum absolute atomic E-state index is 12.6. The van der Waals surface area contributed by atoms with Gasteiger partial charge in [-0.3, -0.25) is 14.4 Å². The molecule has 1 saturated carbocycles. The maximum Gasteiger partial charge on any atom is 0.316 e. The highest BCUT2D eigenvalue weighted by Gasteiger charge is 2.56. The minimum Gasteiger partial charge on any atom is -0.469 e. The molecule has 1 aromatic carbocycles. The molecular formula is C19H25NO6. The third-order valence-electron chi connectivity index (χ3n) is 4.97. The standard InChI is InChI=1S/C19H25NO6/c1-19(24)10-13(21)15(17(22)25-4)14(16(19)18(23)26-5)11-6-8-12(9-7-11)20(2)3/h6-9,14-16,24H,10H2,1-5H3/t14-,15+,16+,19+/m1/s1. The largest absolute Gasteiger partial charge is 0.469 e. The lowest BCUT2D eigenvalue weighted by Crippen LogP contribution is -2.55. The van der Waals surface area contributed by atoms with Crippen molar-refractivity contribution < 1.29 is 29.0 Å². The third-order valence-corrected chi connectivity index (χ3v) is 4.97. The van der Waals surface area contributed by atoms with Crippen LogP contribution in [0.5, 0.6) is 0 Å². The van der Waals surface area contributed by atoms with Crippen molar-refractivity contribution in [3.8, 4) is 0 Å². The highest BCUT2D eigenvalue weighted by atomic mass is 16.5. The van der Waals surface area contributed by atoms with Crippen molar-refractivity contribution in [2.75, 3.05) is 33.2 Å². The van der Waals surface area contributed by atoms with Crippen molar-refractivity contribution in [3.05, 3.63) is 29.8 Å². The van der Waals surface area contributed by atoms with Crippen LogP contribution < -0.4 is 4.90 Å². The zero-order valence-electron chi connectivity index (χ0n) is 15.7. The number of esters is 2. The number of carbonyl (C=O) groups is 3. The number of anilines is 1. The van der Waals surface area contributed by atoms with Gasteiger partial charge in [0.25, 0.3) is 0 Å². The second-order valence-corrected chi connectivity index (χ2v) is 7.01. The molecule has 2 rings (SSSR count). The van der Waals surface area contributed by atoms with E-state index >= 15 is 0 Å². The third kappa shape index (κ3) is 3.58. The summed E-state index contributed by atoms with van der Waals surface area (Å²) in [5, 5.41) is 10.8. The van der Waals surface area contributed by atoms with E-state index < -0.39 is 41.1 Å². The summed E-state index contributed by atoms with van der Waals surface area (Å²) in [4.78, 5) is 39.3. The van der Waals surface area contributed by atoms with Crippen LogP contribution in [-0.4, -0.2) is 56.7 Å². The first-order valence-electron chi connectivity index (χ1n) is 8.32. The van der Waals surface area contributed by atoms with Crippen molar-refractivity contribution in [1.29, 1.82) is 0 Å². The van der Waals surface area contributed by atoms with Crippen LogP contribution in [0.4, 0.5) is 5.69 Å². The normalized spacial score (nSPS) is 28.4. The second kappa shape index (κ2) is 7.45. The second-order valence-electron chi connectivity index (χ2n) is 7.01. The molecule has 1 N–H and O–H groups in total. The lowest BCUT2D eigenvalue weighted by atomic mass is 9.62. The zero-order valence-corrected chi connectivity index (χ0v) is 15.7. The van der Waals surface area contributed by atoms with Gasteiger partial charge in [-0.25, -0.2) is 0 Å². The van der Waals surface area contributed by atoms with E-state index in [0.29, 0.717) is 5.56 Å². The van der Waals surface area contributed by atoms with Gasteiger partial charge in [-0.1, -0.05) is 12.1 Å². The number of benzene rings is 1. The van der Waals surface area contributed by atoms with Gasteiger partial charge in [0.2, 0.25) is 0 Å². The van der Waals surface area contributed by atoms with Gasteiger partial charge in [-0.2, -0.15) is 0 Å². The maximum atomic E-state index is 12.6. The van der Waals surface area contributed by atoms with E-state index in [1.165, 1.54) is 21.1 Å². The molecule has 0 radical (unpaired) electrons. The first-order valence-corrected chi connectivity index (χ1v) is 8.32. The molecule has 0 aliphatic heterocycles. The Labute approximate surface area is 152 Å². The molecule has 0 spiro atoms. The number of methoxy groups -OCH3 is 2. The molecule has 7 heteroatoms. The number of Topliss-reactive ketones (excluding diaryl/α,β-unsaturated/α-hetero) is 1. The summed E-state index contributed by atoms with van der Waals surface area (Å²) in [5.41, 5.74) is -0.110. The minimum atomic E-state index is -1.63. The number of nitrogens with zero attached hydrogens (tertiary/aromatic N) is 1. The average Bonchev–Trinajstić information content (AvgIpc) is 2.59. The fourth-order valence-corrected chi connectivity index (χ4v) is 3.66. The van der Waals surface area contributed by atoms with E-state index in [2.05, 4.69) is 0 Å². The van der Waals surface area contributed by atoms with E-state index in [0.717, 1.165) is 5.69 Å². The number of hydrogen-bond donors (Lipinski definition) is 1. The highest BCUT2D eigenvalue weighted by molar-refractivity contribution is 6.02. The predicted octanol–water partition coefficient (Wildman–Crippen LogP) is 1.14. The number of ketones is 1. The highest BCUT2D eigenvalue weighted by Crippen LogP contribution is 2.46. The fourth-order valence-electron chi connectivity index (χ4n) is 3.66. The van der Waals surface area contributed by atoms with Gasteiger partial charge in [0, 0.05) is 32.1 Å². The van der Waals surface area contributed by atoms with Crippen LogP contribution in [0.2, 0.25) is 0 Å². The van der Waals surface area contributed by atoms with E-state index in [4.69, 9.17) is 9.47 Å². The molecule has 0 bridgehead atoms. The Bertz CT molecular complexity index is 694. The van der Waals surface area contributed by atoms with Gasteiger partial charge in [-0.15, -0.1) is 0 Å². The Morgan fingerprint density at radius 3 is 2.12 bits per heavy atom. The van der Waals surface area contributed by atoms with Gasteiger partial charge in [0.05, 0.1) is 25.7 Å². The van der Waals surface area contributed by atoms with E-state index in [-0.39, 0.29) is 6.42 Å². The van der Waals surface area contributed by atoms with Gasteiger partial charge in [-0.05, 0) is 24.6 Å². The van der Waals surface area contributed by atoms with E-state index in [9.17, 15) is 19.5 Å². The Hall–Kier alpha value is -2.41. The summed E-state index contributed by atoms with van der Waals surface area (Å²) in [5.74, 6) is -4.96. The van der Waals surface area contributed by atoms with Crippen molar-refractivity contribution in [3.63, 3.8) is 0 Å². The first kappa shape index (κ1) is 19.9. The van der Waals surface area contributed by atoms with Crippen molar-refractivity contribution in [1.82, 2.24) is 0 Å². The molecule has 0 heterocycles. The Kier molecular flexibility index (Phi) is 5.71. The summed E-state index contributed by atoms with van der Waals surface area (Å²) in [6.07, 6.45) is -0.321. The van der Waals surface area contributed by atoms with Crippen LogP contribution >= 0.6 is 0 Å². The Morgan fingerprint density at radius 2 is 1.65 bits per heavy atom. The number of ether oxygens (including phenoxy) is 2. The molecule has 0 aromatic heterocycles.